The van der Waals surface area contributed by atoms with Crippen molar-refractivity contribution in [3.05, 3.63) is 202 Å². The van der Waals surface area contributed by atoms with E-state index in [1.165, 1.54) is 0 Å². The number of carbonyl (C=O) groups excluding carboxylic acids is 6. The maximum Gasteiger partial charge on any atom is 0.262 e. The Morgan fingerprint density at radius 3 is 0.775 bits per heavy atom. The van der Waals surface area contributed by atoms with E-state index in [4.69, 9.17) is 18.9 Å². The second kappa shape index (κ2) is 31.3. The number of aromatic nitrogens is 4. The first-order valence-corrected chi connectivity index (χ1v) is 43.2. The lowest BCUT2D eigenvalue weighted by Gasteiger charge is -2.38. The zero-order chi connectivity index (χ0) is 85.9. The van der Waals surface area contributed by atoms with Gasteiger partial charge >= 0.3 is 0 Å². The number of hydrogen-bond donors (Lipinski definition) is 2. The summed E-state index contributed by atoms with van der Waals surface area (Å²) in [6.07, 6.45) is 14.6. The van der Waals surface area contributed by atoms with Gasteiger partial charge in [-0.2, -0.15) is 0 Å². The maximum absolute atomic E-state index is 16.9. The standard InChI is InChI=1S/C102H120N8O10/c1-95(2,3)57-99(13,14)61-27-35-65(36-28-61)117-75-51-69-81-70(90(112)109(89(69)111)73(55-79-103-43-44-104-79)93(115)107-47-23-21-24-48-107)53-77(119-67-39-31-63(32-40-67)101(17,18)59-97(7,8)9)85-86-78(120-68-41-33-64(34-42-68)102(19,20)60-98(10,11)12)54-72-82-71(91(113)110(92(72)114)74(56-80-105-45-46-106-80)94(116)108-49-25-22-26-50-108)52-76(84(88(82)86)83(75)87(81)85)118-66-37-29-62(30-38-66)100(15,16)58-96(4,5)6/h27-46,51-54,73-74H,21-26,47-50,55-60H2,1-20H3,(H,103,104)(H,105,106). The number of H-pyrrole nitrogens is 2. The van der Waals surface area contributed by atoms with E-state index in [2.05, 4.69) is 207 Å². The van der Waals surface area contributed by atoms with Gasteiger partial charge in [0, 0.05) is 107 Å². The highest BCUT2D eigenvalue weighted by molar-refractivity contribution is 6.45. The molecule has 0 saturated carbocycles. The zero-order valence-electron chi connectivity index (χ0n) is 74.1. The molecule has 4 aliphatic rings. The van der Waals surface area contributed by atoms with E-state index in [1.807, 2.05) is 48.5 Å². The largest absolute Gasteiger partial charge is 0.457 e. The van der Waals surface area contributed by atoms with E-state index in [0.717, 1.165) is 96.3 Å². The third kappa shape index (κ3) is 16.9. The molecule has 2 saturated heterocycles. The monoisotopic (exact) mass is 1620 g/mol. The van der Waals surface area contributed by atoms with Crippen LogP contribution in [0.2, 0.25) is 0 Å². The number of nitrogens with one attached hydrogen (secondary N) is 2. The molecule has 2 aromatic heterocycles. The average molecular weight is 1620 g/mol. The van der Waals surface area contributed by atoms with Crippen LogP contribution in [0.25, 0.3) is 43.1 Å². The van der Waals surface area contributed by atoms with Crippen molar-refractivity contribution in [2.75, 3.05) is 26.2 Å². The van der Waals surface area contributed by atoms with Crippen molar-refractivity contribution in [3.63, 3.8) is 0 Å². The van der Waals surface area contributed by atoms with Gasteiger partial charge in [0.1, 0.15) is 69.7 Å². The normalized spacial score (nSPS) is 16.0. The number of rotatable bonds is 24. The van der Waals surface area contributed by atoms with Gasteiger partial charge in [0.25, 0.3) is 23.6 Å². The number of benzene rings is 9. The Morgan fingerprint density at radius 1 is 0.333 bits per heavy atom. The van der Waals surface area contributed by atoms with Gasteiger partial charge in [-0.3, -0.25) is 38.6 Å². The minimum Gasteiger partial charge on any atom is -0.457 e. The Balaban J connectivity index is 1.10. The number of imidazole rings is 2. The molecule has 18 heteroatoms. The first kappa shape index (κ1) is 84.2. The predicted octanol–water partition coefficient (Wildman–Crippen LogP) is 23.6. The minimum absolute atomic E-state index is 0.0168. The smallest absolute Gasteiger partial charge is 0.262 e. The highest BCUT2D eigenvalue weighted by Gasteiger charge is 2.49. The molecule has 2 atom stereocenters. The summed E-state index contributed by atoms with van der Waals surface area (Å²) in [6, 6.07) is 36.0. The summed E-state index contributed by atoms with van der Waals surface area (Å²) in [5.74, 6) is -0.829. The Labute approximate surface area is 707 Å². The number of imide groups is 2. The number of carbonyl (C=O) groups is 6. The molecule has 9 aromatic carbocycles. The third-order valence-electron chi connectivity index (χ3n) is 24.7. The van der Waals surface area contributed by atoms with E-state index in [-0.39, 0.29) is 112 Å². The Morgan fingerprint density at radius 2 is 0.567 bits per heavy atom. The first-order chi connectivity index (χ1) is 56.4. The van der Waals surface area contributed by atoms with Gasteiger partial charge < -0.3 is 38.7 Å². The Hall–Kier alpha value is -10.9. The van der Waals surface area contributed by atoms with Gasteiger partial charge in [-0.25, -0.2) is 9.97 Å². The third-order valence-corrected chi connectivity index (χ3v) is 24.7. The van der Waals surface area contributed by atoms with Crippen molar-refractivity contribution in [1.82, 2.24) is 39.5 Å². The Bertz CT molecular complexity index is 5110. The number of amides is 6. The lowest BCUT2D eigenvalue weighted by atomic mass is 9.72. The summed E-state index contributed by atoms with van der Waals surface area (Å²) in [5, 5.41) is 2.46. The molecule has 4 aliphatic heterocycles. The molecule has 120 heavy (non-hydrogen) atoms. The molecule has 628 valence electrons. The molecule has 15 rings (SSSR count). The molecule has 6 amide bonds. The molecule has 0 spiro atoms. The molecule has 18 nitrogen and oxygen atoms in total. The highest BCUT2D eigenvalue weighted by Crippen LogP contribution is 2.59. The maximum atomic E-state index is 16.9. The fraction of sp³-hybridized carbons (Fsp3) is 0.451. The lowest BCUT2D eigenvalue weighted by molar-refractivity contribution is -0.137. The molecule has 6 heterocycles. The van der Waals surface area contributed by atoms with E-state index in [0.29, 0.717) is 93.1 Å². The molecular weight excluding hydrogens is 1500 g/mol. The molecule has 2 N–H and O–H groups in total. The molecule has 0 bridgehead atoms. The second-order valence-corrected chi connectivity index (χ2v) is 41.9. The molecule has 2 unspecified atom stereocenters. The summed E-state index contributed by atoms with van der Waals surface area (Å²) in [6.45, 7) is 46.5. The van der Waals surface area contributed by atoms with E-state index in [9.17, 15) is 0 Å². The molecule has 0 aliphatic carbocycles. The summed E-state index contributed by atoms with van der Waals surface area (Å²) in [7, 11) is 0. The fourth-order valence-corrected chi connectivity index (χ4v) is 21.0. The van der Waals surface area contributed by atoms with Crippen LogP contribution in [-0.4, -0.2) is 113 Å². The van der Waals surface area contributed by atoms with Gasteiger partial charge in [-0.05, 0) is 203 Å². The summed E-state index contributed by atoms with van der Waals surface area (Å²) >= 11 is 0. The van der Waals surface area contributed by atoms with Gasteiger partial charge in [0.05, 0.1) is 22.3 Å². The quantitative estimate of drug-likeness (QED) is 0.0329. The molecule has 0 radical (unpaired) electrons. The summed E-state index contributed by atoms with van der Waals surface area (Å²) < 4.78 is 30.4. The SMILES string of the molecule is CC(C)(C)CC(C)(C)c1ccc(Oc2cc3c4c(cc(Oc5ccc(C(C)(C)CC(C)(C)C)cc5)c5c6c(Oc7ccc(C(C)(C)CC(C)(C)C)cc7)cc7c8c(cc(Oc9ccc(C(C)(C)CC(C)(C)C)cc9)c(c2c45)c86)C(=O)N(C(Cc2ncc[nH]2)C(=O)N2CCCCC2)C7=O)C(=O)N(C(Cc2ncc[nH]2)C(=O)N2CCCCC2)C3=O)cc1. The van der Waals surface area contributed by atoms with Crippen LogP contribution < -0.4 is 18.9 Å². The number of nitrogens with zero attached hydrogens (tertiary/aromatic N) is 6. The molecule has 2 fully saturated rings. The van der Waals surface area contributed by atoms with Crippen molar-refractivity contribution < 1.29 is 47.7 Å². The van der Waals surface area contributed by atoms with E-state index < -0.39 is 47.5 Å². The highest BCUT2D eigenvalue weighted by atomic mass is 16.5. The van der Waals surface area contributed by atoms with Crippen molar-refractivity contribution >= 4 is 78.5 Å². The van der Waals surface area contributed by atoms with Crippen LogP contribution >= 0.6 is 0 Å². The fourth-order valence-electron chi connectivity index (χ4n) is 21.0. The average Bonchev–Trinajstić information content (AvgIpc) is 0.834. The summed E-state index contributed by atoms with van der Waals surface area (Å²) in [5.41, 5.74) is 3.34. The van der Waals surface area contributed by atoms with Crippen molar-refractivity contribution in [2.24, 2.45) is 21.7 Å². The van der Waals surface area contributed by atoms with Gasteiger partial charge in [-0.15, -0.1) is 0 Å². The van der Waals surface area contributed by atoms with Crippen LogP contribution in [0.5, 0.6) is 46.0 Å². The van der Waals surface area contributed by atoms with Crippen LogP contribution in [-0.2, 0) is 44.1 Å². The number of ether oxygens (including phenoxy) is 4. The first-order valence-electron chi connectivity index (χ1n) is 43.2. The summed E-state index contributed by atoms with van der Waals surface area (Å²) in [4.78, 5) is 121. The number of likely N-dealkylation sites (tertiary alicyclic amines) is 2. The topological polar surface area (TPSA) is 210 Å². The number of aromatic amines is 2. The van der Waals surface area contributed by atoms with Crippen molar-refractivity contribution in [3.8, 4) is 46.0 Å². The van der Waals surface area contributed by atoms with Gasteiger partial charge in [-0.1, -0.05) is 187 Å². The number of hydrogen-bond acceptors (Lipinski definition) is 12. The van der Waals surface area contributed by atoms with Crippen LogP contribution in [0, 0.1) is 21.7 Å². The number of fused-ring (bicyclic) bond motifs is 2. The van der Waals surface area contributed by atoms with Crippen molar-refractivity contribution in [1.29, 1.82) is 0 Å². The van der Waals surface area contributed by atoms with E-state index in [1.54, 1.807) is 58.9 Å². The van der Waals surface area contributed by atoms with E-state index >= 15 is 28.8 Å². The molecular formula is C102H120N8O10. The van der Waals surface area contributed by atoms with Crippen LogP contribution in [0.4, 0.5) is 0 Å². The number of piperidine rings is 2. The zero-order valence-corrected chi connectivity index (χ0v) is 74.1. The predicted molar refractivity (Wildman–Crippen MR) is 476 cm³/mol. The Kier molecular flexibility index (Phi) is 21.9. The van der Waals surface area contributed by atoms with Crippen LogP contribution in [0.1, 0.15) is 278 Å². The van der Waals surface area contributed by atoms with Gasteiger partial charge in [0.15, 0.2) is 0 Å². The van der Waals surface area contributed by atoms with Crippen LogP contribution in [0.15, 0.2) is 146 Å². The second-order valence-electron chi connectivity index (χ2n) is 41.9. The minimum atomic E-state index is -1.37. The van der Waals surface area contributed by atoms with Crippen molar-refractivity contribution in [2.45, 2.75) is 249 Å². The lowest BCUT2D eigenvalue weighted by Crippen LogP contribution is -2.56. The van der Waals surface area contributed by atoms with Gasteiger partial charge in [0.2, 0.25) is 11.8 Å². The molecule has 11 aromatic rings. The van der Waals surface area contributed by atoms with Crippen LogP contribution in [0.3, 0.4) is 0 Å².